The monoisotopic (exact) mass is 333 g/mol. The van der Waals surface area contributed by atoms with Gasteiger partial charge in [0.25, 0.3) is 5.91 Å². The molecule has 2 aliphatic heterocycles. The van der Waals surface area contributed by atoms with Crippen molar-refractivity contribution in [3.05, 3.63) is 29.8 Å². The molecule has 130 valence electrons. The van der Waals surface area contributed by atoms with Crippen LogP contribution in [0.5, 0.6) is 5.75 Å². The molecule has 6 heteroatoms. The number of likely N-dealkylation sites (tertiary alicyclic amines) is 1. The Morgan fingerprint density at radius 1 is 1.21 bits per heavy atom. The van der Waals surface area contributed by atoms with Crippen molar-refractivity contribution in [2.45, 2.75) is 38.4 Å². The number of carboxylic acid groups (broad SMARTS) is 1. The van der Waals surface area contributed by atoms with Gasteiger partial charge in [-0.25, -0.2) is 0 Å². The third kappa shape index (κ3) is 4.06. The van der Waals surface area contributed by atoms with E-state index in [-0.39, 0.29) is 18.7 Å². The van der Waals surface area contributed by atoms with Crippen LogP contribution in [0, 0.1) is 5.92 Å². The van der Waals surface area contributed by atoms with Gasteiger partial charge in [0.1, 0.15) is 5.75 Å². The molecule has 0 bridgehead atoms. The lowest BCUT2D eigenvalue weighted by Gasteiger charge is -2.31. The summed E-state index contributed by atoms with van der Waals surface area (Å²) in [6.45, 7) is 1.57. The predicted molar refractivity (Wildman–Crippen MR) is 86.9 cm³/mol. The highest BCUT2D eigenvalue weighted by Gasteiger charge is 2.28. The number of aliphatic carboxylic acids is 1. The van der Waals surface area contributed by atoms with Crippen molar-refractivity contribution >= 4 is 11.9 Å². The van der Waals surface area contributed by atoms with Crippen molar-refractivity contribution in [1.29, 1.82) is 0 Å². The second-order valence-electron chi connectivity index (χ2n) is 6.37. The van der Waals surface area contributed by atoms with Crippen molar-refractivity contribution in [2.24, 2.45) is 5.92 Å². The number of carbonyl (C=O) groups excluding carboxylic acids is 1. The number of piperidine rings is 1. The molecular weight excluding hydrogens is 310 g/mol. The predicted octanol–water partition coefficient (Wildman–Crippen LogP) is 2.53. The standard InChI is InChI=1S/C18H23NO5/c20-17(19-9-4-6-14(12-19)18(21)22)13-5-3-7-15(11-13)24-16-8-1-2-10-23-16/h3,5,7,11,14,16H,1-2,4,6,8-10,12H2,(H,21,22). The average Bonchev–Trinajstić information content (AvgIpc) is 2.62. The molecule has 0 saturated carbocycles. The van der Waals surface area contributed by atoms with E-state index in [0.717, 1.165) is 25.7 Å². The van der Waals surface area contributed by atoms with Crippen LogP contribution >= 0.6 is 0 Å². The molecule has 2 fully saturated rings. The lowest BCUT2D eigenvalue weighted by molar-refractivity contribution is -0.143. The number of hydrogen-bond donors (Lipinski definition) is 1. The summed E-state index contributed by atoms with van der Waals surface area (Å²) in [5.74, 6) is -0.840. The summed E-state index contributed by atoms with van der Waals surface area (Å²) < 4.78 is 11.4. The van der Waals surface area contributed by atoms with E-state index < -0.39 is 11.9 Å². The largest absolute Gasteiger partial charge is 0.481 e. The summed E-state index contributed by atoms with van der Waals surface area (Å²) >= 11 is 0. The average molecular weight is 333 g/mol. The molecule has 0 spiro atoms. The molecule has 1 amide bonds. The van der Waals surface area contributed by atoms with E-state index in [0.29, 0.717) is 30.9 Å². The fourth-order valence-electron chi connectivity index (χ4n) is 3.20. The Kier molecular flexibility index (Phi) is 5.35. The second kappa shape index (κ2) is 7.66. The van der Waals surface area contributed by atoms with Crippen molar-refractivity contribution in [1.82, 2.24) is 4.90 Å². The van der Waals surface area contributed by atoms with E-state index >= 15 is 0 Å². The number of carbonyl (C=O) groups is 2. The number of hydrogen-bond acceptors (Lipinski definition) is 4. The van der Waals surface area contributed by atoms with Gasteiger partial charge in [0.05, 0.1) is 12.5 Å². The van der Waals surface area contributed by atoms with E-state index in [1.54, 1.807) is 23.1 Å². The number of rotatable bonds is 4. The molecule has 0 radical (unpaired) electrons. The number of amides is 1. The summed E-state index contributed by atoms with van der Waals surface area (Å²) in [5, 5.41) is 9.16. The molecule has 3 rings (SSSR count). The Morgan fingerprint density at radius 2 is 2.08 bits per heavy atom. The topological polar surface area (TPSA) is 76.1 Å². The lowest BCUT2D eigenvalue weighted by Crippen LogP contribution is -2.42. The van der Waals surface area contributed by atoms with Gasteiger partial charge in [-0.1, -0.05) is 6.07 Å². The third-order valence-corrected chi connectivity index (χ3v) is 4.54. The maximum Gasteiger partial charge on any atom is 0.308 e. The molecular formula is C18H23NO5. The highest BCUT2D eigenvalue weighted by atomic mass is 16.7. The van der Waals surface area contributed by atoms with Crippen LogP contribution in [-0.4, -0.2) is 47.9 Å². The first kappa shape index (κ1) is 16.8. The normalized spacial score (nSPS) is 24.4. The molecule has 1 aromatic carbocycles. The fourth-order valence-corrected chi connectivity index (χ4v) is 3.20. The Bertz CT molecular complexity index is 597. The first-order valence-electron chi connectivity index (χ1n) is 8.54. The summed E-state index contributed by atoms with van der Waals surface area (Å²) in [4.78, 5) is 25.4. The van der Waals surface area contributed by atoms with Crippen molar-refractivity contribution in [3.8, 4) is 5.75 Å². The fraction of sp³-hybridized carbons (Fsp3) is 0.556. The highest BCUT2D eigenvalue weighted by molar-refractivity contribution is 5.95. The molecule has 2 aliphatic rings. The van der Waals surface area contributed by atoms with E-state index in [4.69, 9.17) is 14.6 Å². The smallest absolute Gasteiger partial charge is 0.308 e. The van der Waals surface area contributed by atoms with E-state index in [1.165, 1.54) is 0 Å². The first-order valence-corrected chi connectivity index (χ1v) is 8.54. The van der Waals surface area contributed by atoms with Gasteiger partial charge in [0.15, 0.2) is 6.29 Å². The van der Waals surface area contributed by atoms with Gasteiger partial charge in [-0.15, -0.1) is 0 Å². The molecule has 0 aliphatic carbocycles. The first-order chi connectivity index (χ1) is 11.6. The summed E-state index contributed by atoms with van der Waals surface area (Å²) in [6, 6.07) is 7.04. The summed E-state index contributed by atoms with van der Waals surface area (Å²) in [5.41, 5.74) is 0.523. The van der Waals surface area contributed by atoms with Gasteiger partial charge in [-0.3, -0.25) is 9.59 Å². The molecule has 2 saturated heterocycles. The van der Waals surface area contributed by atoms with Crippen LogP contribution in [0.2, 0.25) is 0 Å². The van der Waals surface area contributed by atoms with E-state index in [2.05, 4.69) is 0 Å². The van der Waals surface area contributed by atoms with Gasteiger partial charge in [0.2, 0.25) is 0 Å². The van der Waals surface area contributed by atoms with Gasteiger partial charge < -0.3 is 19.5 Å². The minimum atomic E-state index is -0.834. The van der Waals surface area contributed by atoms with Crippen LogP contribution in [0.4, 0.5) is 0 Å². The van der Waals surface area contributed by atoms with Gasteiger partial charge in [-0.05, 0) is 43.9 Å². The number of benzene rings is 1. The molecule has 6 nitrogen and oxygen atoms in total. The maximum absolute atomic E-state index is 12.7. The summed E-state index contributed by atoms with van der Waals surface area (Å²) in [7, 11) is 0. The maximum atomic E-state index is 12.7. The lowest BCUT2D eigenvalue weighted by atomic mass is 9.97. The van der Waals surface area contributed by atoms with Crippen LogP contribution in [0.15, 0.2) is 24.3 Å². The molecule has 24 heavy (non-hydrogen) atoms. The van der Waals surface area contributed by atoms with E-state index in [9.17, 15) is 9.59 Å². The van der Waals surface area contributed by atoms with Gasteiger partial charge >= 0.3 is 5.97 Å². The number of carboxylic acids is 1. The highest BCUT2D eigenvalue weighted by Crippen LogP contribution is 2.23. The quantitative estimate of drug-likeness (QED) is 0.916. The zero-order valence-electron chi connectivity index (χ0n) is 13.6. The Balaban J connectivity index is 1.66. The Labute approximate surface area is 141 Å². The molecule has 2 heterocycles. The third-order valence-electron chi connectivity index (χ3n) is 4.54. The molecule has 2 unspecified atom stereocenters. The Hall–Kier alpha value is -2.08. The minimum absolute atomic E-state index is 0.143. The van der Waals surface area contributed by atoms with Crippen LogP contribution in [0.1, 0.15) is 42.5 Å². The van der Waals surface area contributed by atoms with Crippen molar-refractivity contribution in [2.75, 3.05) is 19.7 Å². The second-order valence-corrected chi connectivity index (χ2v) is 6.37. The number of nitrogens with zero attached hydrogens (tertiary/aromatic N) is 1. The molecule has 0 aromatic heterocycles. The zero-order valence-corrected chi connectivity index (χ0v) is 13.6. The molecule has 1 aromatic rings. The van der Waals surface area contributed by atoms with Crippen molar-refractivity contribution < 1.29 is 24.2 Å². The SMILES string of the molecule is O=C(O)C1CCCN(C(=O)c2cccc(OC3CCCCO3)c2)C1. The molecule has 2 atom stereocenters. The Morgan fingerprint density at radius 3 is 2.83 bits per heavy atom. The van der Waals surface area contributed by atoms with Crippen molar-refractivity contribution in [3.63, 3.8) is 0 Å². The zero-order chi connectivity index (χ0) is 16.9. The van der Waals surface area contributed by atoms with Crippen LogP contribution in [0.3, 0.4) is 0 Å². The van der Waals surface area contributed by atoms with Gasteiger partial charge in [-0.2, -0.15) is 0 Å². The number of ether oxygens (including phenoxy) is 2. The van der Waals surface area contributed by atoms with Crippen LogP contribution < -0.4 is 4.74 Å². The van der Waals surface area contributed by atoms with Crippen LogP contribution in [-0.2, 0) is 9.53 Å². The van der Waals surface area contributed by atoms with Gasteiger partial charge in [0, 0.05) is 25.1 Å². The molecule has 1 N–H and O–H groups in total. The van der Waals surface area contributed by atoms with Crippen LogP contribution in [0.25, 0.3) is 0 Å². The minimum Gasteiger partial charge on any atom is -0.481 e. The summed E-state index contributed by atoms with van der Waals surface area (Å²) in [6.07, 6.45) is 4.07. The van der Waals surface area contributed by atoms with E-state index in [1.807, 2.05) is 6.07 Å².